The number of hydrogen-bond donors (Lipinski definition) is 3. The maximum Gasteiger partial charge on any atom is 0.341 e. The van der Waals surface area contributed by atoms with E-state index in [1.807, 2.05) is 10.6 Å². The van der Waals surface area contributed by atoms with E-state index in [1.54, 1.807) is 13.2 Å². The van der Waals surface area contributed by atoms with Crippen molar-refractivity contribution in [2.75, 3.05) is 38.2 Å². The fourth-order valence-corrected chi connectivity index (χ4v) is 4.96. The van der Waals surface area contributed by atoms with Gasteiger partial charge in [0, 0.05) is 57.8 Å². The Balaban J connectivity index is 1.67. The van der Waals surface area contributed by atoms with Crippen molar-refractivity contribution in [1.82, 2.24) is 15.2 Å². The molecule has 1 aliphatic heterocycles. The minimum atomic E-state index is -1.23. The molecule has 1 aliphatic carbocycles. The third-order valence-electron chi connectivity index (χ3n) is 6.85. The van der Waals surface area contributed by atoms with Gasteiger partial charge in [-0.1, -0.05) is 0 Å². The van der Waals surface area contributed by atoms with E-state index < -0.39 is 11.4 Å². The van der Waals surface area contributed by atoms with Crippen molar-refractivity contribution in [2.24, 2.45) is 5.92 Å². The highest BCUT2D eigenvalue weighted by Gasteiger charge is 2.33. The van der Waals surface area contributed by atoms with Gasteiger partial charge in [0.05, 0.1) is 29.8 Å². The number of ether oxygens (including phenoxy) is 1. The molecule has 35 heavy (non-hydrogen) atoms. The highest BCUT2D eigenvalue weighted by Crippen LogP contribution is 2.43. The lowest BCUT2D eigenvalue weighted by atomic mass is 9.98. The number of aromatic nitrogens is 1. The Morgan fingerprint density at radius 2 is 2.09 bits per heavy atom. The van der Waals surface area contributed by atoms with Crippen LogP contribution in [0.1, 0.15) is 49.0 Å². The number of carbonyl (C=O) groups excluding carboxylic acids is 1. The first-order chi connectivity index (χ1) is 16.8. The van der Waals surface area contributed by atoms with Crippen molar-refractivity contribution in [3.8, 4) is 11.8 Å². The van der Waals surface area contributed by atoms with Gasteiger partial charge in [0.25, 0.3) is 0 Å². The van der Waals surface area contributed by atoms with Gasteiger partial charge < -0.3 is 29.9 Å². The van der Waals surface area contributed by atoms with E-state index >= 15 is 0 Å². The molecule has 4 rings (SSSR count). The summed E-state index contributed by atoms with van der Waals surface area (Å²) in [6, 6.07) is 5.85. The Kier molecular flexibility index (Phi) is 7.26. The van der Waals surface area contributed by atoms with Crippen LogP contribution in [-0.4, -0.2) is 60.9 Å². The van der Waals surface area contributed by atoms with Crippen LogP contribution in [-0.2, 0) is 4.79 Å². The molecule has 1 saturated heterocycles. The van der Waals surface area contributed by atoms with E-state index in [4.69, 9.17) is 10.00 Å². The number of pyridine rings is 1. The lowest BCUT2D eigenvalue weighted by Gasteiger charge is -2.27. The largest absolute Gasteiger partial charge is 0.492 e. The summed E-state index contributed by atoms with van der Waals surface area (Å²) in [6.45, 7) is 4.00. The molecule has 2 unspecified atom stereocenters. The molecule has 0 radical (unpaired) electrons. The van der Waals surface area contributed by atoms with Crippen molar-refractivity contribution in [3.05, 3.63) is 34.1 Å². The minimum absolute atomic E-state index is 0.0199. The lowest BCUT2D eigenvalue weighted by molar-refractivity contribution is -0.119. The van der Waals surface area contributed by atoms with Crippen LogP contribution in [0.4, 0.5) is 5.69 Å². The molecular formula is C25H31N5O5. The number of carbonyl (C=O) groups is 2. The smallest absolute Gasteiger partial charge is 0.341 e. The fourth-order valence-electron chi connectivity index (χ4n) is 4.96. The Morgan fingerprint density at radius 1 is 1.31 bits per heavy atom. The van der Waals surface area contributed by atoms with E-state index in [1.165, 1.54) is 13.1 Å². The van der Waals surface area contributed by atoms with Crippen molar-refractivity contribution in [1.29, 1.82) is 5.26 Å². The van der Waals surface area contributed by atoms with Crippen LogP contribution in [0.25, 0.3) is 10.9 Å². The Labute approximate surface area is 203 Å². The number of hydrogen-bond acceptors (Lipinski definition) is 7. The van der Waals surface area contributed by atoms with Gasteiger partial charge in [-0.25, -0.2) is 4.79 Å². The zero-order chi connectivity index (χ0) is 25.1. The van der Waals surface area contributed by atoms with Crippen molar-refractivity contribution >= 4 is 28.5 Å². The van der Waals surface area contributed by atoms with Crippen LogP contribution in [0.2, 0.25) is 0 Å². The van der Waals surface area contributed by atoms with Crippen molar-refractivity contribution < 1.29 is 19.4 Å². The van der Waals surface area contributed by atoms with E-state index in [-0.39, 0.29) is 29.5 Å². The fraction of sp³-hybridized carbons (Fsp3) is 0.520. The van der Waals surface area contributed by atoms with Gasteiger partial charge in [-0.05, 0) is 37.3 Å². The van der Waals surface area contributed by atoms with Gasteiger partial charge in [-0.15, -0.1) is 0 Å². The topological polar surface area (TPSA) is 137 Å². The summed E-state index contributed by atoms with van der Waals surface area (Å²) in [6.07, 6.45) is 4.58. The summed E-state index contributed by atoms with van der Waals surface area (Å²) in [5.41, 5.74) is 0.748. The normalized spacial score (nSPS) is 18.3. The molecule has 0 bridgehead atoms. The number of rotatable bonds is 10. The van der Waals surface area contributed by atoms with Crippen molar-refractivity contribution in [2.45, 2.75) is 44.7 Å². The summed E-state index contributed by atoms with van der Waals surface area (Å²) in [7, 11) is 1.57. The molecule has 2 aliphatic rings. The summed E-state index contributed by atoms with van der Waals surface area (Å²) in [5, 5.41) is 25.1. The first kappa shape index (κ1) is 24.5. The molecule has 2 fully saturated rings. The number of anilines is 1. The van der Waals surface area contributed by atoms with Gasteiger partial charge in [-0.2, -0.15) is 5.26 Å². The molecule has 1 amide bonds. The first-order valence-electron chi connectivity index (χ1n) is 11.9. The molecule has 1 saturated carbocycles. The lowest BCUT2D eigenvalue weighted by Crippen LogP contribution is -2.46. The van der Waals surface area contributed by atoms with Gasteiger partial charge in [-0.3, -0.25) is 9.59 Å². The molecule has 10 heteroatoms. The third kappa shape index (κ3) is 5.10. The molecule has 10 nitrogen and oxygen atoms in total. The number of nitriles is 1. The number of amides is 1. The second-order valence-electron chi connectivity index (χ2n) is 9.23. The average molecular weight is 482 g/mol. The van der Waals surface area contributed by atoms with Crippen molar-refractivity contribution in [3.63, 3.8) is 0 Å². The molecule has 2 heterocycles. The minimum Gasteiger partial charge on any atom is -0.492 e. The number of nitrogens with zero attached hydrogens (tertiary/aromatic N) is 3. The number of fused-ring (bicyclic) bond motifs is 1. The second kappa shape index (κ2) is 10.4. The predicted octanol–water partition coefficient (Wildman–Crippen LogP) is 1.88. The first-order valence-corrected chi connectivity index (χ1v) is 11.9. The second-order valence-corrected chi connectivity index (χ2v) is 9.23. The highest BCUT2D eigenvalue weighted by atomic mass is 16.5. The molecule has 1 aromatic carbocycles. The zero-order valence-electron chi connectivity index (χ0n) is 20.0. The monoisotopic (exact) mass is 481 g/mol. The predicted molar refractivity (Wildman–Crippen MR) is 131 cm³/mol. The molecule has 2 aromatic rings. The van der Waals surface area contributed by atoms with Gasteiger partial charge in [0.1, 0.15) is 5.56 Å². The van der Waals surface area contributed by atoms with Crippen LogP contribution in [0.5, 0.6) is 5.75 Å². The maximum absolute atomic E-state index is 12.9. The number of carboxylic acid groups (broad SMARTS) is 1. The molecule has 3 N–H and O–H groups in total. The Morgan fingerprint density at radius 3 is 2.71 bits per heavy atom. The van der Waals surface area contributed by atoms with Crippen LogP contribution in [0.3, 0.4) is 0 Å². The average Bonchev–Trinajstić information content (AvgIpc) is 3.56. The van der Waals surface area contributed by atoms with Gasteiger partial charge >= 0.3 is 5.97 Å². The van der Waals surface area contributed by atoms with E-state index in [2.05, 4.69) is 21.6 Å². The van der Waals surface area contributed by atoms with E-state index in [0.29, 0.717) is 42.7 Å². The number of carboxylic acids is 1. The van der Waals surface area contributed by atoms with Gasteiger partial charge in [0.15, 0.2) is 5.75 Å². The number of benzene rings is 1. The molecule has 1 aromatic heterocycles. The quantitative estimate of drug-likeness (QED) is 0.438. The Hall–Kier alpha value is -3.58. The standard InChI is InChI=1S/C25H31N5O5/c1-15(31)28-12-20(27-10-3-9-26)16-8-11-29(13-16)21-7-6-18-22(24(21)35-2)30(17-4-5-17)14-19(23(18)32)25(33)34/h6-7,14,16-17,20,27H,3-5,8,10-13H2,1-2H3,(H,28,31)(H,33,34). The molecular weight excluding hydrogens is 450 g/mol. The summed E-state index contributed by atoms with van der Waals surface area (Å²) >= 11 is 0. The summed E-state index contributed by atoms with van der Waals surface area (Å²) in [4.78, 5) is 38.3. The molecule has 0 spiro atoms. The van der Waals surface area contributed by atoms with Crippen LogP contribution < -0.4 is 25.7 Å². The third-order valence-corrected chi connectivity index (χ3v) is 6.85. The summed E-state index contributed by atoms with van der Waals surface area (Å²) < 4.78 is 7.73. The number of nitrogens with one attached hydrogen (secondary N) is 2. The number of methoxy groups -OCH3 is 1. The zero-order valence-corrected chi connectivity index (χ0v) is 20.0. The van der Waals surface area contributed by atoms with Gasteiger partial charge in [0.2, 0.25) is 11.3 Å². The van der Waals surface area contributed by atoms with E-state index in [0.717, 1.165) is 31.5 Å². The number of aromatic carboxylic acids is 1. The highest BCUT2D eigenvalue weighted by molar-refractivity contribution is 5.97. The Bertz CT molecular complexity index is 1230. The molecule has 186 valence electrons. The summed E-state index contributed by atoms with van der Waals surface area (Å²) in [5.74, 6) is -0.520. The van der Waals surface area contributed by atoms with Crippen LogP contribution in [0.15, 0.2) is 23.1 Å². The molecule has 2 atom stereocenters. The SMILES string of the molecule is COc1c(N2CCC(C(CNC(C)=O)NCCC#N)C2)ccc2c(=O)c(C(=O)O)cn(C3CC3)c12. The maximum atomic E-state index is 12.9. The van der Waals surface area contributed by atoms with E-state index in [9.17, 15) is 19.5 Å². The van der Waals surface area contributed by atoms with Crippen LogP contribution in [0, 0.1) is 17.2 Å². The van der Waals surface area contributed by atoms with Crippen LogP contribution >= 0.6 is 0 Å².